The Morgan fingerprint density at radius 2 is 2.00 bits per heavy atom. The molecule has 0 radical (unpaired) electrons. The van der Waals surface area contributed by atoms with E-state index in [-0.39, 0.29) is 12.1 Å². The highest BCUT2D eigenvalue weighted by Crippen LogP contribution is 2.27. The van der Waals surface area contributed by atoms with E-state index in [1.807, 2.05) is 6.08 Å². The minimum Gasteiger partial charge on any atom is -0.454 e. The topological polar surface area (TPSA) is 26.3 Å². The summed E-state index contributed by atoms with van der Waals surface area (Å²) >= 11 is 0. The predicted molar refractivity (Wildman–Crippen MR) is 91.4 cm³/mol. The first-order valence-corrected chi connectivity index (χ1v) is 8.38. The van der Waals surface area contributed by atoms with Crippen LogP contribution in [0, 0.1) is 11.8 Å². The summed E-state index contributed by atoms with van der Waals surface area (Å²) in [4.78, 5) is 12.0. The lowest BCUT2D eigenvalue weighted by molar-refractivity contribution is -0.139. The Balaban J connectivity index is 2.22. The quantitative estimate of drug-likeness (QED) is 0.495. The van der Waals surface area contributed by atoms with Crippen molar-refractivity contribution in [1.82, 2.24) is 0 Å². The largest absolute Gasteiger partial charge is 0.454 e. The zero-order chi connectivity index (χ0) is 16.1. The zero-order valence-corrected chi connectivity index (χ0v) is 14.3. The summed E-state index contributed by atoms with van der Waals surface area (Å²) in [5, 5.41) is 0. The van der Waals surface area contributed by atoms with Gasteiger partial charge in [-0.3, -0.25) is 0 Å². The summed E-state index contributed by atoms with van der Waals surface area (Å²) < 4.78 is 5.48. The third kappa shape index (κ3) is 4.72. The van der Waals surface area contributed by atoms with Crippen LogP contribution in [0.3, 0.4) is 0 Å². The highest BCUT2D eigenvalue weighted by atomic mass is 16.5. The molecule has 2 rings (SSSR count). The van der Waals surface area contributed by atoms with Crippen LogP contribution >= 0.6 is 0 Å². The second kappa shape index (κ2) is 7.62. The van der Waals surface area contributed by atoms with Crippen LogP contribution in [-0.2, 0) is 9.53 Å². The molecule has 0 aromatic rings. The SMILES string of the molecule is CC1=CC/C=C(\C)C[C@H]2C=C(CC[C@@H](C(C)C)C=C1)C(=O)O2. The molecule has 0 saturated heterocycles. The molecule has 2 nitrogen and oxygen atoms in total. The van der Waals surface area contributed by atoms with Crippen molar-refractivity contribution in [2.75, 3.05) is 0 Å². The fraction of sp³-hybridized carbons (Fsp3) is 0.550. The fourth-order valence-corrected chi connectivity index (χ4v) is 2.99. The van der Waals surface area contributed by atoms with Gasteiger partial charge in [-0.1, -0.05) is 49.3 Å². The summed E-state index contributed by atoms with van der Waals surface area (Å²) in [5.41, 5.74) is 3.45. The van der Waals surface area contributed by atoms with Gasteiger partial charge in [0.1, 0.15) is 6.10 Å². The van der Waals surface area contributed by atoms with Crippen molar-refractivity contribution >= 4 is 5.97 Å². The van der Waals surface area contributed by atoms with E-state index in [1.165, 1.54) is 11.1 Å². The summed E-state index contributed by atoms with van der Waals surface area (Å²) in [7, 11) is 0. The monoisotopic (exact) mass is 300 g/mol. The van der Waals surface area contributed by atoms with Crippen molar-refractivity contribution in [3.63, 3.8) is 0 Å². The standard InChI is InChI=1S/C20H28O2/c1-14(2)17-9-8-15(3)6-5-7-16(4)12-19-13-18(11-10-17)20(21)22-19/h6-9,13-14,17,19H,5,10-12H2,1-4H3/b9-8?,15-6?,16-7+/t17-,19-/m0/s1. The molecule has 2 aliphatic rings. The molecule has 0 amide bonds. The molecule has 0 spiro atoms. The molecule has 1 heterocycles. The van der Waals surface area contributed by atoms with E-state index in [1.54, 1.807) is 0 Å². The van der Waals surface area contributed by atoms with Crippen molar-refractivity contribution in [1.29, 1.82) is 0 Å². The number of carbonyl (C=O) groups is 1. The average Bonchev–Trinajstić information content (AvgIpc) is 2.77. The molecule has 0 aromatic carbocycles. The van der Waals surface area contributed by atoms with E-state index in [9.17, 15) is 4.79 Å². The Labute approximate surface area is 134 Å². The van der Waals surface area contributed by atoms with Gasteiger partial charge in [0.25, 0.3) is 0 Å². The predicted octanol–water partition coefficient (Wildman–Crippen LogP) is 5.13. The summed E-state index contributed by atoms with van der Waals surface area (Å²) in [5.74, 6) is 0.956. The van der Waals surface area contributed by atoms with Gasteiger partial charge in [-0.15, -0.1) is 0 Å². The Morgan fingerprint density at radius 3 is 2.73 bits per heavy atom. The lowest BCUT2D eigenvalue weighted by Gasteiger charge is -2.16. The lowest BCUT2D eigenvalue weighted by atomic mass is 9.88. The van der Waals surface area contributed by atoms with Crippen LogP contribution in [0.25, 0.3) is 0 Å². The van der Waals surface area contributed by atoms with Gasteiger partial charge in [0, 0.05) is 12.0 Å². The number of allylic oxidation sites excluding steroid dienone is 5. The van der Waals surface area contributed by atoms with E-state index in [2.05, 4.69) is 52.0 Å². The molecule has 2 bridgehead atoms. The molecule has 2 heteroatoms. The highest BCUT2D eigenvalue weighted by molar-refractivity contribution is 5.90. The van der Waals surface area contributed by atoms with Gasteiger partial charge in [-0.2, -0.15) is 0 Å². The highest BCUT2D eigenvalue weighted by Gasteiger charge is 2.26. The molecule has 0 N–H and O–H groups in total. The smallest absolute Gasteiger partial charge is 0.334 e. The maximum absolute atomic E-state index is 12.0. The van der Waals surface area contributed by atoms with E-state index in [4.69, 9.17) is 4.74 Å². The first kappa shape index (κ1) is 16.8. The maximum atomic E-state index is 12.0. The normalized spacial score (nSPS) is 29.3. The summed E-state index contributed by atoms with van der Waals surface area (Å²) in [6, 6.07) is 0. The first-order valence-electron chi connectivity index (χ1n) is 8.38. The molecule has 0 saturated carbocycles. The molecular weight excluding hydrogens is 272 g/mol. The molecule has 22 heavy (non-hydrogen) atoms. The van der Waals surface area contributed by atoms with Gasteiger partial charge in [0.05, 0.1) is 0 Å². The molecule has 0 unspecified atom stereocenters. The second-order valence-electron chi connectivity index (χ2n) is 6.88. The van der Waals surface area contributed by atoms with Gasteiger partial charge in [0.2, 0.25) is 0 Å². The number of rotatable bonds is 1. The van der Waals surface area contributed by atoms with Crippen LogP contribution in [0.4, 0.5) is 0 Å². The van der Waals surface area contributed by atoms with Crippen LogP contribution < -0.4 is 0 Å². The van der Waals surface area contributed by atoms with E-state index >= 15 is 0 Å². The van der Waals surface area contributed by atoms with E-state index in [0.717, 1.165) is 31.3 Å². The minimum absolute atomic E-state index is 0.0696. The third-order valence-corrected chi connectivity index (χ3v) is 4.55. The molecule has 1 aliphatic heterocycles. The number of esters is 1. The number of ether oxygens (including phenoxy) is 1. The van der Waals surface area contributed by atoms with Crippen molar-refractivity contribution in [3.05, 3.63) is 47.1 Å². The average molecular weight is 300 g/mol. The van der Waals surface area contributed by atoms with Gasteiger partial charge in [-0.05, 0) is 51.0 Å². The molecular formula is C20H28O2. The van der Waals surface area contributed by atoms with Crippen LogP contribution in [-0.4, -0.2) is 12.1 Å². The Morgan fingerprint density at radius 1 is 1.23 bits per heavy atom. The van der Waals surface area contributed by atoms with Crippen LogP contribution in [0.15, 0.2) is 47.1 Å². The first-order chi connectivity index (χ1) is 10.5. The minimum atomic E-state index is -0.117. The Bertz CT molecular complexity index is 532. The van der Waals surface area contributed by atoms with Crippen molar-refractivity contribution in [2.45, 2.75) is 59.5 Å². The zero-order valence-electron chi connectivity index (χ0n) is 14.3. The molecule has 2 atom stereocenters. The third-order valence-electron chi connectivity index (χ3n) is 4.55. The van der Waals surface area contributed by atoms with Gasteiger partial charge in [0.15, 0.2) is 0 Å². The molecule has 0 fully saturated rings. The summed E-state index contributed by atoms with van der Waals surface area (Å²) in [6.45, 7) is 8.75. The number of fused-ring (bicyclic) bond motifs is 1. The fourth-order valence-electron chi connectivity index (χ4n) is 2.99. The molecule has 1 aliphatic carbocycles. The second-order valence-corrected chi connectivity index (χ2v) is 6.88. The molecule has 0 aromatic heterocycles. The van der Waals surface area contributed by atoms with Crippen LogP contribution in [0.1, 0.15) is 53.4 Å². The van der Waals surface area contributed by atoms with E-state index in [0.29, 0.717) is 11.8 Å². The molecule has 120 valence electrons. The van der Waals surface area contributed by atoms with Crippen molar-refractivity contribution < 1.29 is 9.53 Å². The summed E-state index contributed by atoms with van der Waals surface area (Å²) in [6.07, 6.45) is 14.5. The number of hydrogen-bond acceptors (Lipinski definition) is 2. The Hall–Kier alpha value is -1.57. The van der Waals surface area contributed by atoms with Gasteiger partial charge in [-0.25, -0.2) is 4.79 Å². The van der Waals surface area contributed by atoms with Crippen molar-refractivity contribution in [3.8, 4) is 0 Å². The van der Waals surface area contributed by atoms with Crippen LogP contribution in [0.2, 0.25) is 0 Å². The van der Waals surface area contributed by atoms with Crippen molar-refractivity contribution in [2.24, 2.45) is 11.8 Å². The maximum Gasteiger partial charge on any atom is 0.334 e. The number of hydrogen-bond donors (Lipinski definition) is 0. The van der Waals surface area contributed by atoms with Crippen LogP contribution in [0.5, 0.6) is 0 Å². The van der Waals surface area contributed by atoms with Gasteiger partial charge >= 0.3 is 5.97 Å². The van der Waals surface area contributed by atoms with Gasteiger partial charge < -0.3 is 4.74 Å². The lowest BCUT2D eigenvalue weighted by Crippen LogP contribution is -2.10. The number of carbonyl (C=O) groups excluding carboxylic acids is 1. The Kier molecular flexibility index (Phi) is 5.82. The van der Waals surface area contributed by atoms with E-state index < -0.39 is 0 Å².